The van der Waals surface area contributed by atoms with E-state index in [2.05, 4.69) is 0 Å². The van der Waals surface area contributed by atoms with E-state index in [0.29, 0.717) is 15.5 Å². The molecule has 4 atom stereocenters. The number of carbonyl (C=O) groups excluding carboxylic acids is 2. The minimum absolute atomic E-state index is 0.0602. The highest BCUT2D eigenvalue weighted by atomic mass is 35.5. The quantitative estimate of drug-likeness (QED) is 0.367. The lowest BCUT2D eigenvalue weighted by molar-refractivity contribution is -0.174. The smallest absolute Gasteiger partial charge is 0.408 e. The number of fused-ring (bicyclic) bond motifs is 3. The Morgan fingerprint density at radius 2 is 1.79 bits per heavy atom. The number of carbonyl (C=O) groups is 2. The standard InChI is InChI=1S/C28H24ClF3N2O4S/c1-13(35)18-11-34-20(12-33(15(3)28(30,31)32)27(38)24(34)26(37)25(18)36)23-17-7-4-5-10-21(17)39-14(2)16-8-6-9-19(29)22(16)23/h4-11,14-15,20,23,37H,12H2,1-3H3/t14-,15+,20?,23-/m0/s1. The zero-order chi connectivity index (χ0) is 28.4. The van der Waals surface area contributed by atoms with Gasteiger partial charge in [0.25, 0.3) is 5.91 Å². The third-order valence-electron chi connectivity index (χ3n) is 7.51. The number of alkyl halides is 3. The first kappa shape index (κ1) is 27.3. The van der Waals surface area contributed by atoms with E-state index in [-0.39, 0.29) is 10.8 Å². The van der Waals surface area contributed by atoms with Crippen molar-refractivity contribution in [1.82, 2.24) is 9.47 Å². The molecule has 6 nitrogen and oxygen atoms in total. The number of halogens is 4. The van der Waals surface area contributed by atoms with Crippen LogP contribution in [0.5, 0.6) is 5.75 Å². The van der Waals surface area contributed by atoms with Crippen molar-refractivity contribution in [2.45, 2.75) is 55.1 Å². The van der Waals surface area contributed by atoms with Crippen LogP contribution in [0.15, 0.2) is 58.4 Å². The zero-order valence-corrected chi connectivity index (χ0v) is 22.7. The molecule has 3 aromatic rings. The van der Waals surface area contributed by atoms with E-state index in [0.717, 1.165) is 29.9 Å². The maximum atomic E-state index is 14.0. The van der Waals surface area contributed by atoms with Crippen molar-refractivity contribution in [2.24, 2.45) is 0 Å². The number of aromatic hydroxyl groups is 1. The molecule has 204 valence electrons. The number of amides is 1. The maximum absolute atomic E-state index is 14.0. The first-order chi connectivity index (χ1) is 18.3. The number of ketones is 1. The largest absolute Gasteiger partial charge is 0.503 e. The topological polar surface area (TPSA) is 79.6 Å². The van der Waals surface area contributed by atoms with E-state index in [4.69, 9.17) is 11.6 Å². The molecule has 0 saturated carbocycles. The average molecular weight is 577 g/mol. The van der Waals surface area contributed by atoms with Crippen molar-refractivity contribution in [2.75, 3.05) is 6.54 Å². The van der Waals surface area contributed by atoms with Gasteiger partial charge in [0.05, 0.1) is 11.6 Å². The molecule has 0 fully saturated rings. The van der Waals surface area contributed by atoms with Crippen molar-refractivity contribution >= 4 is 35.1 Å². The molecule has 0 bridgehead atoms. The Hall–Kier alpha value is -3.24. The fourth-order valence-electron chi connectivity index (χ4n) is 5.52. The number of aromatic nitrogens is 1. The molecular weight excluding hydrogens is 553 g/mol. The molecule has 11 heteroatoms. The summed E-state index contributed by atoms with van der Waals surface area (Å²) in [5, 5.41) is 11.2. The van der Waals surface area contributed by atoms with E-state index in [9.17, 15) is 32.7 Å². The molecule has 3 heterocycles. The Balaban J connectivity index is 1.87. The van der Waals surface area contributed by atoms with E-state index >= 15 is 0 Å². The fraction of sp³-hybridized carbons (Fsp3) is 0.321. The number of benzene rings is 2. The van der Waals surface area contributed by atoms with Gasteiger partial charge in [-0.05, 0) is 49.6 Å². The summed E-state index contributed by atoms with van der Waals surface area (Å²) in [5.74, 6) is -3.53. The molecule has 1 N–H and O–H groups in total. The normalized spacial score (nSPS) is 21.5. The minimum Gasteiger partial charge on any atom is -0.503 e. The van der Waals surface area contributed by atoms with Gasteiger partial charge in [0.15, 0.2) is 17.2 Å². The van der Waals surface area contributed by atoms with Gasteiger partial charge in [0.1, 0.15) is 6.04 Å². The van der Waals surface area contributed by atoms with E-state index in [1.54, 1.807) is 23.9 Å². The van der Waals surface area contributed by atoms with Crippen molar-refractivity contribution in [3.63, 3.8) is 0 Å². The summed E-state index contributed by atoms with van der Waals surface area (Å²) in [7, 11) is 0. The second-order valence-corrected chi connectivity index (χ2v) is 11.6. The van der Waals surface area contributed by atoms with Crippen LogP contribution in [0, 0.1) is 0 Å². The molecule has 1 aromatic heterocycles. The van der Waals surface area contributed by atoms with Crippen molar-refractivity contribution in [1.29, 1.82) is 0 Å². The highest BCUT2D eigenvalue weighted by Gasteiger charge is 2.49. The number of thioether (sulfide) groups is 1. The summed E-state index contributed by atoms with van der Waals surface area (Å²) in [6.45, 7) is 3.61. The lowest BCUT2D eigenvalue weighted by Crippen LogP contribution is -2.54. The maximum Gasteiger partial charge on any atom is 0.408 e. The zero-order valence-electron chi connectivity index (χ0n) is 21.1. The van der Waals surface area contributed by atoms with Gasteiger partial charge in [-0.15, -0.1) is 11.8 Å². The Kier molecular flexibility index (Phi) is 6.83. The molecule has 0 aliphatic carbocycles. The van der Waals surface area contributed by atoms with Gasteiger partial charge in [0, 0.05) is 33.8 Å². The monoisotopic (exact) mass is 576 g/mol. The Labute approximate surface area is 231 Å². The minimum atomic E-state index is -4.76. The van der Waals surface area contributed by atoms with Crippen LogP contribution in [0.1, 0.15) is 75.5 Å². The first-order valence-corrected chi connectivity index (χ1v) is 13.5. The number of Topliss-reactive ketones (excluding diaryl/α,β-unsaturated/α-hetero) is 1. The van der Waals surface area contributed by atoms with Crippen molar-refractivity contribution in [3.8, 4) is 5.75 Å². The second-order valence-electron chi connectivity index (χ2n) is 9.79. The summed E-state index contributed by atoms with van der Waals surface area (Å²) >= 11 is 8.37. The van der Waals surface area contributed by atoms with E-state index < -0.39 is 59.3 Å². The number of hydrogen-bond acceptors (Lipinski definition) is 5. The van der Waals surface area contributed by atoms with Gasteiger partial charge < -0.3 is 14.6 Å². The summed E-state index contributed by atoms with van der Waals surface area (Å²) in [5.41, 5.74) is 0.264. The number of pyridine rings is 1. The molecule has 2 aliphatic rings. The number of nitrogens with zero attached hydrogens (tertiary/aromatic N) is 2. The Morgan fingerprint density at radius 3 is 2.46 bits per heavy atom. The summed E-state index contributed by atoms with van der Waals surface area (Å²) in [6.07, 6.45) is -3.59. The molecule has 1 unspecified atom stereocenters. The Bertz CT molecular complexity index is 1570. The summed E-state index contributed by atoms with van der Waals surface area (Å²) in [6, 6.07) is 9.71. The molecular formula is C28H24ClF3N2O4S. The van der Waals surface area contributed by atoms with Gasteiger partial charge >= 0.3 is 6.18 Å². The number of rotatable bonds is 3. The van der Waals surface area contributed by atoms with Crippen molar-refractivity contribution in [3.05, 3.63) is 91.9 Å². The van der Waals surface area contributed by atoms with Crippen LogP contribution in [0.3, 0.4) is 0 Å². The Morgan fingerprint density at radius 1 is 1.13 bits per heavy atom. The van der Waals surface area contributed by atoms with Crippen LogP contribution in [0.25, 0.3) is 0 Å². The van der Waals surface area contributed by atoms with Crippen LogP contribution in [0.4, 0.5) is 13.2 Å². The SMILES string of the molecule is CC(=O)c1cn2c(c(O)c1=O)C(=O)N([C@H](C)C(F)(F)F)CC2[C@@H]1c2ccccc2S[C@@H](C)c2cccc(Cl)c21. The lowest BCUT2D eigenvalue weighted by atomic mass is 9.80. The molecule has 39 heavy (non-hydrogen) atoms. The van der Waals surface area contributed by atoms with Gasteiger partial charge in [-0.3, -0.25) is 14.4 Å². The third kappa shape index (κ3) is 4.43. The van der Waals surface area contributed by atoms with Crippen molar-refractivity contribution < 1.29 is 27.9 Å². The highest BCUT2D eigenvalue weighted by molar-refractivity contribution is 7.99. The van der Waals surface area contributed by atoms with Gasteiger partial charge in [-0.2, -0.15) is 13.2 Å². The van der Waals surface area contributed by atoms with Gasteiger partial charge in [0.2, 0.25) is 5.43 Å². The fourth-order valence-corrected chi connectivity index (χ4v) is 7.02. The van der Waals surface area contributed by atoms with Crippen LogP contribution >= 0.6 is 23.4 Å². The third-order valence-corrected chi connectivity index (χ3v) is 9.08. The van der Waals surface area contributed by atoms with Gasteiger partial charge in [-0.25, -0.2) is 0 Å². The predicted octanol–water partition coefficient (Wildman–Crippen LogP) is 6.36. The van der Waals surface area contributed by atoms with Crippen LogP contribution in [-0.2, 0) is 0 Å². The first-order valence-electron chi connectivity index (χ1n) is 12.2. The molecule has 1 amide bonds. The summed E-state index contributed by atoms with van der Waals surface area (Å²) < 4.78 is 43.2. The molecule has 0 saturated heterocycles. The molecule has 2 aliphatic heterocycles. The molecule has 2 aromatic carbocycles. The van der Waals surface area contributed by atoms with E-state index in [1.165, 1.54) is 10.8 Å². The molecule has 5 rings (SSSR count). The number of hydrogen-bond donors (Lipinski definition) is 1. The molecule has 0 radical (unpaired) electrons. The predicted molar refractivity (Wildman–Crippen MR) is 142 cm³/mol. The highest BCUT2D eigenvalue weighted by Crippen LogP contribution is 2.53. The van der Waals surface area contributed by atoms with Gasteiger partial charge in [-0.1, -0.05) is 41.9 Å². The van der Waals surface area contributed by atoms with Crippen LogP contribution < -0.4 is 5.43 Å². The molecule has 0 spiro atoms. The van der Waals surface area contributed by atoms with E-state index in [1.807, 2.05) is 37.3 Å². The lowest BCUT2D eigenvalue weighted by Gasteiger charge is -2.43. The van der Waals surface area contributed by atoms with Crippen LogP contribution in [-0.4, -0.2) is 45.0 Å². The average Bonchev–Trinajstić information content (AvgIpc) is 2.99. The van der Waals surface area contributed by atoms with Crippen LogP contribution in [0.2, 0.25) is 5.02 Å². The second kappa shape index (κ2) is 9.75. The summed E-state index contributed by atoms with van der Waals surface area (Å²) in [4.78, 5) is 40.1.